The van der Waals surface area contributed by atoms with E-state index in [-0.39, 0.29) is 5.91 Å². The molecule has 0 unspecified atom stereocenters. The third-order valence-corrected chi connectivity index (χ3v) is 6.10. The molecule has 0 aliphatic carbocycles. The SMILES string of the molecule is Cc1[nH]c(C(=O)N2CCC(CC(=O)N3CCCCC3)CC2)c(C)c1C. The molecule has 1 N–H and O–H groups in total. The Balaban J connectivity index is 1.52. The molecule has 0 atom stereocenters. The van der Waals surface area contributed by atoms with E-state index in [1.807, 2.05) is 23.6 Å². The van der Waals surface area contributed by atoms with Crippen molar-refractivity contribution in [1.29, 1.82) is 0 Å². The van der Waals surface area contributed by atoms with E-state index in [0.717, 1.165) is 68.8 Å². The van der Waals surface area contributed by atoms with Gasteiger partial charge in [-0.05, 0) is 69.9 Å². The highest BCUT2D eigenvalue weighted by atomic mass is 16.2. The summed E-state index contributed by atoms with van der Waals surface area (Å²) in [6, 6.07) is 0. The van der Waals surface area contributed by atoms with E-state index < -0.39 is 0 Å². The third-order valence-electron chi connectivity index (χ3n) is 6.10. The van der Waals surface area contributed by atoms with E-state index >= 15 is 0 Å². The van der Waals surface area contributed by atoms with Crippen LogP contribution in [0.1, 0.15) is 65.8 Å². The zero-order valence-electron chi connectivity index (χ0n) is 15.9. The topological polar surface area (TPSA) is 56.4 Å². The monoisotopic (exact) mass is 345 g/mol. The molecule has 0 bridgehead atoms. The Kier molecular flexibility index (Phi) is 5.50. The molecule has 2 fully saturated rings. The number of H-pyrrole nitrogens is 1. The molecule has 138 valence electrons. The van der Waals surface area contributed by atoms with Gasteiger partial charge in [0.15, 0.2) is 0 Å². The van der Waals surface area contributed by atoms with E-state index in [1.54, 1.807) is 0 Å². The first-order valence-electron chi connectivity index (χ1n) is 9.70. The van der Waals surface area contributed by atoms with Crippen LogP contribution in [-0.4, -0.2) is 52.8 Å². The predicted octanol–water partition coefficient (Wildman–Crippen LogP) is 3.19. The van der Waals surface area contributed by atoms with Crippen LogP contribution in [0.2, 0.25) is 0 Å². The second kappa shape index (κ2) is 7.63. The van der Waals surface area contributed by atoms with Gasteiger partial charge in [0.1, 0.15) is 5.69 Å². The molecule has 2 aliphatic rings. The fourth-order valence-electron chi connectivity index (χ4n) is 4.08. The molecule has 0 aromatic carbocycles. The minimum Gasteiger partial charge on any atom is -0.354 e. The first-order valence-corrected chi connectivity index (χ1v) is 9.70. The van der Waals surface area contributed by atoms with Crippen molar-refractivity contribution >= 4 is 11.8 Å². The minimum absolute atomic E-state index is 0.106. The molecular weight excluding hydrogens is 314 g/mol. The van der Waals surface area contributed by atoms with Crippen LogP contribution in [0.3, 0.4) is 0 Å². The zero-order chi connectivity index (χ0) is 18.0. The van der Waals surface area contributed by atoms with Gasteiger partial charge >= 0.3 is 0 Å². The Hall–Kier alpha value is -1.78. The van der Waals surface area contributed by atoms with E-state index in [9.17, 15) is 9.59 Å². The molecule has 0 saturated carbocycles. The molecule has 3 heterocycles. The second-order valence-corrected chi connectivity index (χ2v) is 7.76. The fourth-order valence-corrected chi connectivity index (χ4v) is 4.08. The summed E-state index contributed by atoms with van der Waals surface area (Å²) in [6.45, 7) is 9.45. The standard InChI is InChI=1S/C20H31N3O2/c1-14-15(2)19(21-16(14)3)20(25)23-11-7-17(8-12-23)13-18(24)22-9-5-4-6-10-22/h17,21H,4-13H2,1-3H3. The Morgan fingerprint density at radius 3 is 2.12 bits per heavy atom. The van der Waals surface area contributed by atoms with Gasteiger partial charge in [0, 0.05) is 38.3 Å². The van der Waals surface area contributed by atoms with Gasteiger partial charge < -0.3 is 14.8 Å². The quantitative estimate of drug-likeness (QED) is 0.914. The van der Waals surface area contributed by atoms with Gasteiger partial charge in [-0.15, -0.1) is 0 Å². The molecule has 1 aromatic rings. The summed E-state index contributed by atoms with van der Waals surface area (Å²) in [5, 5.41) is 0. The summed E-state index contributed by atoms with van der Waals surface area (Å²) in [5.74, 6) is 0.845. The first-order chi connectivity index (χ1) is 12.0. The van der Waals surface area contributed by atoms with E-state index in [1.165, 1.54) is 12.0 Å². The van der Waals surface area contributed by atoms with Gasteiger partial charge in [0.05, 0.1) is 0 Å². The largest absolute Gasteiger partial charge is 0.354 e. The lowest BCUT2D eigenvalue weighted by molar-refractivity contribution is -0.133. The van der Waals surface area contributed by atoms with Crippen LogP contribution < -0.4 is 0 Å². The number of hydrogen-bond donors (Lipinski definition) is 1. The van der Waals surface area contributed by atoms with Crippen LogP contribution in [0.5, 0.6) is 0 Å². The Labute approximate surface area is 150 Å². The van der Waals surface area contributed by atoms with E-state index in [4.69, 9.17) is 0 Å². The highest BCUT2D eigenvalue weighted by Gasteiger charge is 2.28. The van der Waals surface area contributed by atoms with E-state index in [2.05, 4.69) is 11.9 Å². The van der Waals surface area contributed by atoms with Crippen LogP contribution in [-0.2, 0) is 4.79 Å². The number of nitrogens with one attached hydrogen (secondary N) is 1. The third kappa shape index (κ3) is 3.91. The molecule has 2 amide bonds. The lowest BCUT2D eigenvalue weighted by atomic mass is 9.92. The van der Waals surface area contributed by atoms with Crippen molar-refractivity contribution in [3.63, 3.8) is 0 Å². The number of rotatable bonds is 3. The number of carbonyl (C=O) groups excluding carboxylic acids is 2. The number of likely N-dealkylation sites (tertiary alicyclic amines) is 2. The lowest BCUT2D eigenvalue weighted by Crippen LogP contribution is -2.41. The number of aryl methyl sites for hydroxylation is 1. The Bertz CT molecular complexity index is 636. The molecule has 5 heteroatoms. The average Bonchev–Trinajstić information content (AvgIpc) is 2.90. The van der Waals surface area contributed by atoms with Crippen molar-refractivity contribution in [3.05, 3.63) is 22.5 Å². The predicted molar refractivity (Wildman–Crippen MR) is 98.7 cm³/mol. The zero-order valence-corrected chi connectivity index (χ0v) is 15.9. The van der Waals surface area contributed by atoms with Crippen LogP contribution >= 0.6 is 0 Å². The molecule has 3 rings (SSSR count). The van der Waals surface area contributed by atoms with Crippen molar-refractivity contribution in [2.45, 2.75) is 59.3 Å². The number of carbonyl (C=O) groups is 2. The summed E-state index contributed by atoms with van der Waals surface area (Å²) in [4.78, 5) is 32.4. The van der Waals surface area contributed by atoms with Gasteiger partial charge in [0.2, 0.25) is 5.91 Å². The highest BCUT2D eigenvalue weighted by molar-refractivity contribution is 5.94. The maximum absolute atomic E-state index is 12.8. The summed E-state index contributed by atoms with van der Waals surface area (Å²) < 4.78 is 0. The molecule has 0 spiro atoms. The smallest absolute Gasteiger partial charge is 0.270 e. The van der Waals surface area contributed by atoms with Crippen molar-refractivity contribution in [2.24, 2.45) is 5.92 Å². The van der Waals surface area contributed by atoms with Crippen molar-refractivity contribution in [1.82, 2.24) is 14.8 Å². The Morgan fingerprint density at radius 1 is 0.920 bits per heavy atom. The Morgan fingerprint density at radius 2 is 1.56 bits per heavy atom. The molecule has 5 nitrogen and oxygen atoms in total. The second-order valence-electron chi connectivity index (χ2n) is 7.76. The van der Waals surface area contributed by atoms with Crippen molar-refractivity contribution < 1.29 is 9.59 Å². The van der Waals surface area contributed by atoms with Gasteiger partial charge in [-0.1, -0.05) is 0 Å². The van der Waals surface area contributed by atoms with Crippen molar-refractivity contribution in [3.8, 4) is 0 Å². The molecular formula is C20H31N3O2. The lowest BCUT2D eigenvalue weighted by Gasteiger charge is -2.33. The average molecular weight is 345 g/mol. The molecule has 25 heavy (non-hydrogen) atoms. The van der Waals surface area contributed by atoms with E-state index in [0.29, 0.717) is 18.2 Å². The minimum atomic E-state index is 0.106. The number of nitrogens with zero attached hydrogens (tertiary/aromatic N) is 2. The summed E-state index contributed by atoms with van der Waals surface area (Å²) in [6.07, 6.45) is 6.06. The number of amides is 2. The molecule has 2 saturated heterocycles. The number of aromatic amines is 1. The number of hydrogen-bond acceptors (Lipinski definition) is 2. The maximum atomic E-state index is 12.8. The first kappa shape index (κ1) is 18.0. The maximum Gasteiger partial charge on any atom is 0.270 e. The van der Waals surface area contributed by atoms with Crippen LogP contribution in [0, 0.1) is 26.7 Å². The summed E-state index contributed by atoms with van der Waals surface area (Å²) in [7, 11) is 0. The van der Waals surface area contributed by atoms with Gasteiger partial charge in [-0.2, -0.15) is 0 Å². The molecule has 2 aliphatic heterocycles. The molecule has 0 radical (unpaired) electrons. The van der Waals surface area contributed by atoms with Crippen LogP contribution in [0.25, 0.3) is 0 Å². The number of aromatic nitrogens is 1. The van der Waals surface area contributed by atoms with Gasteiger partial charge in [-0.3, -0.25) is 9.59 Å². The highest BCUT2D eigenvalue weighted by Crippen LogP contribution is 2.25. The van der Waals surface area contributed by atoms with Crippen LogP contribution in [0.15, 0.2) is 0 Å². The summed E-state index contributed by atoms with van der Waals surface area (Å²) in [5.41, 5.74) is 4.04. The fraction of sp³-hybridized carbons (Fsp3) is 0.700. The van der Waals surface area contributed by atoms with Crippen LogP contribution in [0.4, 0.5) is 0 Å². The van der Waals surface area contributed by atoms with Crippen molar-refractivity contribution in [2.75, 3.05) is 26.2 Å². The van der Waals surface area contributed by atoms with Gasteiger partial charge in [0.25, 0.3) is 5.91 Å². The number of piperidine rings is 2. The molecule has 1 aromatic heterocycles. The van der Waals surface area contributed by atoms with Gasteiger partial charge in [-0.25, -0.2) is 0 Å². The summed E-state index contributed by atoms with van der Waals surface area (Å²) >= 11 is 0. The normalized spacial score (nSPS) is 19.3.